The summed E-state index contributed by atoms with van der Waals surface area (Å²) in [4.78, 5) is 55.0. The van der Waals surface area contributed by atoms with E-state index in [1.807, 2.05) is 135 Å². The number of aromatic nitrogens is 4. The maximum atomic E-state index is 14.9. The van der Waals surface area contributed by atoms with Crippen LogP contribution in [0.4, 0.5) is 22.7 Å². The molecular weight excluding hydrogens is 1160 g/mol. The van der Waals surface area contributed by atoms with Crippen LogP contribution in [-0.2, 0) is 12.8 Å². The molecule has 0 fully saturated rings. The molecule has 0 saturated carbocycles. The summed E-state index contributed by atoms with van der Waals surface area (Å²) < 4.78 is -1.50. The molecule has 0 unspecified atom stereocenters. The quantitative estimate of drug-likeness (QED) is 0.0861. The van der Waals surface area contributed by atoms with Crippen LogP contribution in [0, 0.1) is 34.6 Å². The first kappa shape index (κ1) is 64.3. The smallest absolute Gasteiger partial charge is 0.272 e. The van der Waals surface area contributed by atoms with Crippen LogP contribution in [0.3, 0.4) is 0 Å². The summed E-state index contributed by atoms with van der Waals surface area (Å²) in [6, 6.07) is 43.9. The molecule has 10 N–H and O–H groups in total. The molecule has 0 saturated heterocycles. The summed E-state index contributed by atoms with van der Waals surface area (Å²) >= 11 is 28.8. The number of rotatable bonds is 7. The first-order valence-electron chi connectivity index (χ1n) is 26.3. The van der Waals surface area contributed by atoms with E-state index in [0.717, 1.165) is 87.4 Å². The van der Waals surface area contributed by atoms with Gasteiger partial charge in [0.15, 0.2) is 8.59 Å². The average Bonchev–Trinajstić information content (AvgIpc) is 4.34. The molecule has 1 aliphatic rings. The van der Waals surface area contributed by atoms with Crippen molar-refractivity contribution in [3.63, 3.8) is 0 Å². The SMILES string of the molecule is CCCc1c2[nH]c(c1C)C(c1ccc(C)cc1)c1[nH]c(c(CCC)c1C)C=Nc1ccccc1NC(=O)c1[nH]c(c(C)c1-c1ccccc1)-c1[nH]c(c(-c3ccccc3)c1C)C(=O)Nc1ccccc1N=C2.ClC(Cl)Cl.ClC(Cl)Cl.O.O. The van der Waals surface area contributed by atoms with E-state index in [9.17, 15) is 9.59 Å². The highest BCUT2D eigenvalue weighted by molar-refractivity contribution is 6.63. The number of aryl methyl sites for hydroxylation is 1. The number of aliphatic imine (C=N–C) groups is 2. The van der Waals surface area contributed by atoms with E-state index in [-0.39, 0.29) is 28.7 Å². The fourth-order valence-electron chi connectivity index (χ4n) is 10.5. The Bertz CT molecular complexity index is 3450. The van der Waals surface area contributed by atoms with Gasteiger partial charge in [-0.15, -0.1) is 0 Å². The molecule has 9 aromatic rings. The predicted molar refractivity (Wildman–Crippen MR) is 345 cm³/mol. The minimum atomic E-state index is -0.750. The van der Waals surface area contributed by atoms with Crippen molar-refractivity contribution in [1.82, 2.24) is 19.9 Å². The number of aromatic amines is 4. The van der Waals surface area contributed by atoms with E-state index >= 15 is 0 Å². The molecule has 0 atom stereocenters. The van der Waals surface area contributed by atoms with Gasteiger partial charge in [0.25, 0.3) is 11.8 Å². The second-order valence-electron chi connectivity index (χ2n) is 19.4. The molecule has 82 heavy (non-hydrogen) atoms. The van der Waals surface area contributed by atoms with Crippen molar-refractivity contribution in [2.45, 2.75) is 88.7 Å². The highest BCUT2D eigenvalue weighted by Gasteiger charge is 2.30. The van der Waals surface area contributed by atoms with Gasteiger partial charge >= 0.3 is 0 Å². The zero-order valence-corrected chi connectivity index (χ0v) is 50.9. The minimum Gasteiger partial charge on any atom is -0.412 e. The number of H-pyrrole nitrogens is 4. The van der Waals surface area contributed by atoms with Gasteiger partial charge in [0, 0.05) is 22.5 Å². The van der Waals surface area contributed by atoms with E-state index < -0.39 is 8.59 Å². The molecule has 428 valence electrons. The fraction of sp³-hybridized carbons (Fsp3) is 0.219. The topological polar surface area (TPSA) is 209 Å². The Kier molecular flexibility index (Phi) is 23.1. The number of fused-ring (bicyclic) bond motifs is 11. The molecule has 1 aliphatic heterocycles. The number of nitrogens with one attached hydrogen (secondary N) is 6. The van der Waals surface area contributed by atoms with Crippen LogP contribution in [0.1, 0.15) is 121 Å². The van der Waals surface area contributed by atoms with Gasteiger partial charge in [-0.05, 0) is 122 Å². The molecule has 18 heteroatoms. The summed E-state index contributed by atoms with van der Waals surface area (Å²) in [7, 11) is 0. The molecule has 5 aromatic carbocycles. The molecule has 10 rings (SSSR count). The molecule has 4 aromatic heterocycles. The largest absolute Gasteiger partial charge is 0.412 e. The van der Waals surface area contributed by atoms with Gasteiger partial charge in [-0.2, -0.15) is 0 Å². The molecule has 5 heterocycles. The van der Waals surface area contributed by atoms with E-state index in [1.54, 1.807) is 0 Å². The second-order valence-corrected chi connectivity index (χ2v) is 23.4. The molecule has 0 spiro atoms. The molecule has 0 radical (unpaired) electrons. The number of carbonyl (C=O) groups is 2. The highest BCUT2D eigenvalue weighted by Crippen LogP contribution is 2.43. The van der Waals surface area contributed by atoms with Crippen LogP contribution in [0.25, 0.3) is 33.6 Å². The van der Waals surface area contributed by atoms with Gasteiger partial charge in [0.2, 0.25) is 0 Å². The monoisotopic (exact) mass is 1220 g/mol. The first-order chi connectivity index (χ1) is 38.5. The minimum absolute atomic E-state index is 0. The lowest BCUT2D eigenvalue weighted by molar-refractivity contribution is 0.101. The standard InChI is InChI=1S/C62H60N8O2.2CHCl3.2H2O/c1-8-20-44-37(4)55-54(43-32-30-36(3)31-33-43)56-38(5)45(21-9-2)51(66-56)35-64-47-27-17-19-29-49(47)68-62(72)60-53(42-24-14-11-15-25-42)40(7)58(70-60)57-39(6)52(41-22-12-10-13-23-41)59(69-57)61(71)67-48-28-18-16-26-46(48)63-34-50(44)65-55;2*2-1(3)4;;/h10-19,22-35,54,65-66,69-70H,8-9,20-21H2,1-7H3,(H,67,71)(H,68,72);2*1H;2*1H2. The van der Waals surface area contributed by atoms with Crippen molar-refractivity contribution in [2.24, 2.45) is 9.98 Å². The third-order valence-electron chi connectivity index (χ3n) is 14.2. The third kappa shape index (κ3) is 14.7. The number of anilines is 2. The summed E-state index contributed by atoms with van der Waals surface area (Å²) in [5.41, 5.74) is 20.6. The number of hydrogen-bond acceptors (Lipinski definition) is 4. The Morgan fingerprint density at radius 2 is 0.805 bits per heavy atom. The maximum Gasteiger partial charge on any atom is 0.272 e. The predicted octanol–water partition coefficient (Wildman–Crippen LogP) is 17.3. The van der Waals surface area contributed by atoms with Gasteiger partial charge in [-0.1, -0.05) is 211 Å². The second kappa shape index (κ2) is 29.4. The summed E-state index contributed by atoms with van der Waals surface area (Å²) in [6.45, 7) is 15.0. The van der Waals surface area contributed by atoms with Crippen LogP contribution in [0.2, 0.25) is 0 Å². The van der Waals surface area contributed by atoms with Crippen LogP contribution in [-0.4, -0.2) is 63.7 Å². The number of nitrogens with zero attached hydrogens (tertiary/aromatic N) is 2. The van der Waals surface area contributed by atoms with Crippen molar-refractivity contribution >= 4 is 117 Å². The lowest BCUT2D eigenvalue weighted by Gasteiger charge is -2.19. The highest BCUT2D eigenvalue weighted by atomic mass is 35.6. The van der Waals surface area contributed by atoms with Gasteiger partial charge < -0.3 is 41.5 Å². The number of para-hydroxylation sites is 4. The summed E-state index contributed by atoms with van der Waals surface area (Å²) in [6.07, 6.45) is 7.43. The molecule has 2 amide bonds. The molecular formula is C64H66Cl6N8O4. The van der Waals surface area contributed by atoms with Gasteiger partial charge in [0.05, 0.1) is 63.9 Å². The van der Waals surface area contributed by atoms with Crippen LogP contribution in [0.15, 0.2) is 143 Å². The van der Waals surface area contributed by atoms with Crippen LogP contribution >= 0.6 is 69.6 Å². The number of benzene rings is 5. The maximum absolute atomic E-state index is 14.9. The van der Waals surface area contributed by atoms with Crippen molar-refractivity contribution in [3.05, 3.63) is 212 Å². The van der Waals surface area contributed by atoms with Gasteiger partial charge in [-0.3, -0.25) is 19.6 Å². The molecule has 12 nitrogen and oxygen atoms in total. The number of alkyl halides is 6. The van der Waals surface area contributed by atoms with Crippen molar-refractivity contribution in [1.29, 1.82) is 0 Å². The summed E-state index contributed by atoms with van der Waals surface area (Å²) in [5, 5.41) is 6.48. The van der Waals surface area contributed by atoms with Gasteiger partial charge in [0.1, 0.15) is 11.4 Å². The van der Waals surface area contributed by atoms with Crippen LogP contribution < -0.4 is 10.6 Å². The first-order valence-corrected chi connectivity index (χ1v) is 28.9. The number of hydrogen-bond donors (Lipinski definition) is 6. The Hall–Kier alpha value is -6.84. The third-order valence-corrected chi connectivity index (χ3v) is 14.2. The van der Waals surface area contributed by atoms with E-state index in [2.05, 4.69) is 89.5 Å². The number of amides is 2. The van der Waals surface area contributed by atoms with E-state index in [0.29, 0.717) is 45.5 Å². The lowest BCUT2D eigenvalue weighted by Crippen LogP contribution is -2.14. The zero-order valence-electron chi connectivity index (χ0n) is 46.4. The number of halogens is 6. The zero-order chi connectivity index (χ0) is 57.2. The van der Waals surface area contributed by atoms with Crippen molar-refractivity contribution < 1.29 is 20.5 Å². The normalized spacial score (nSPS) is 12.9. The molecule has 8 bridgehead atoms. The summed E-state index contributed by atoms with van der Waals surface area (Å²) in [5.74, 6) is -0.824. The van der Waals surface area contributed by atoms with E-state index in [1.165, 1.54) is 27.8 Å². The number of carbonyl (C=O) groups excluding carboxylic acids is 2. The fourth-order valence-corrected chi connectivity index (χ4v) is 10.5. The molecule has 0 aliphatic carbocycles. The lowest BCUT2D eigenvalue weighted by atomic mass is 9.87. The average molecular weight is 1220 g/mol. The van der Waals surface area contributed by atoms with Crippen LogP contribution in [0.5, 0.6) is 0 Å². The van der Waals surface area contributed by atoms with Crippen molar-refractivity contribution in [2.75, 3.05) is 10.6 Å². The van der Waals surface area contributed by atoms with E-state index in [4.69, 9.17) is 79.6 Å². The van der Waals surface area contributed by atoms with Crippen molar-refractivity contribution in [3.8, 4) is 33.6 Å². The Morgan fingerprint density at radius 1 is 0.451 bits per heavy atom. The van der Waals surface area contributed by atoms with Gasteiger partial charge in [-0.25, -0.2) is 0 Å². The Balaban J connectivity index is 0.00000102. The Labute approximate surface area is 508 Å². The Morgan fingerprint density at radius 3 is 1.17 bits per heavy atom.